The highest BCUT2D eigenvalue weighted by molar-refractivity contribution is 7.17. The number of thiazole rings is 1. The third-order valence-electron chi connectivity index (χ3n) is 5.17. The van der Waals surface area contributed by atoms with E-state index < -0.39 is 17.5 Å². The number of H-pyrrole nitrogens is 1. The summed E-state index contributed by atoms with van der Waals surface area (Å²) in [7, 11) is 0. The van der Waals surface area contributed by atoms with Gasteiger partial charge >= 0.3 is 12.0 Å². The normalized spacial score (nSPS) is 14.7. The Morgan fingerprint density at radius 2 is 1.85 bits per heavy atom. The summed E-state index contributed by atoms with van der Waals surface area (Å²) < 4.78 is 0. The zero-order valence-corrected chi connectivity index (χ0v) is 21.7. The molecule has 1 saturated heterocycles. The largest absolute Gasteiger partial charge is 0.477 e. The minimum absolute atomic E-state index is 0.00541. The molecule has 3 amide bonds. The molecule has 0 spiro atoms. The van der Waals surface area contributed by atoms with Crippen LogP contribution in [0.15, 0.2) is 0 Å². The van der Waals surface area contributed by atoms with E-state index in [-0.39, 0.29) is 34.1 Å². The van der Waals surface area contributed by atoms with E-state index in [1.165, 1.54) is 0 Å². The molecule has 1 aliphatic rings. The van der Waals surface area contributed by atoms with Crippen molar-refractivity contribution in [1.29, 1.82) is 0 Å². The minimum atomic E-state index is -1.09. The molecule has 3 rings (SSSR count). The van der Waals surface area contributed by atoms with E-state index in [4.69, 9.17) is 23.2 Å². The van der Waals surface area contributed by atoms with Gasteiger partial charge in [-0.15, -0.1) is 0 Å². The van der Waals surface area contributed by atoms with Gasteiger partial charge in [-0.2, -0.15) is 0 Å². The number of aromatic amines is 1. The number of carboxylic acids is 1. The van der Waals surface area contributed by atoms with Crippen molar-refractivity contribution < 1.29 is 19.5 Å². The lowest BCUT2D eigenvalue weighted by Gasteiger charge is -2.32. The molecule has 186 valence electrons. The second-order valence-electron chi connectivity index (χ2n) is 9.12. The molecular weight excluding hydrogens is 503 g/mol. The van der Waals surface area contributed by atoms with Crippen molar-refractivity contribution in [3.63, 3.8) is 0 Å². The van der Waals surface area contributed by atoms with Gasteiger partial charge in [0.25, 0.3) is 5.91 Å². The Hall–Kier alpha value is -2.50. The van der Waals surface area contributed by atoms with Crippen LogP contribution in [0.25, 0.3) is 0 Å². The number of nitrogens with zero attached hydrogens (tertiary/aromatic N) is 2. The Morgan fingerprint density at radius 1 is 1.21 bits per heavy atom. The van der Waals surface area contributed by atoms with Crippen LogP contribution >= 0.6 is 34.5 Å². The topological polar surface area (TPSA) is 139 Å². The van der Waals surface area contributed by atoms with Crippen molar-refractivity contribution >= 4 is 57.6 Å². The van der Waals surface area contributed by atoms with Gasteiger partial charge < -0.3 is 30.9 Å². The van der Waals surface area contributed by atoms with Gasteiger partial charge in [0.2, 0.25) is 0 Å². The quantitative estimate of drug-likeness (QED) is 0.385. The molecule has 13 heteroatoms. The van der Waals surface area contributed by atoms with Crippen LogP contribution in [0.4, 0.5) is 9.93 Å². The Bertz CT molecular complexity index is 1090. The Morgan fingerprint density at radius 3 is 2.38 bits per heavy atom. The van der Waals surface area contributed by atoms with Crippen LogP contribution in [-0.4, -0.2) is 57.7 Å². The monoisotopic (exact) mass is 530 g/mol. The van der Waals surface area contributed by atoms with E-state index in [1.807, 2.05) is 25.7 Å². The second kappa shape index (κ2) is 10.4. The first-order chi connectivity index (χ1) is 15.9. The van der Waals surface area contributed by atoms with Gasteiger partial charge in [0.15, 0.2) is 5.13 Å². The van der Waals surface area contributed by atoms with Crippen molar-refractivity contribution in [2.45, 2.75) is 58.7 Å². The number of anilines is 1. The highest BCUT2D eigenvalue weighted by Crippen LogP contribution is 2.31. The number of carbonyl (C=O) groups excluding carboxylic acids is 2. The van der Waals surface area contributed by atoms with Crippen LogP contribution in [-0.2, 0) is 6.54 Å². The number of halogens is 2. The van der Waals surface area contributed by atoms with Gasteiger partial charge in [-0.05, 0) is 40.5 Å². The van der Waals surface area contributed by atoms with Crippen molar-refractivity contribution in [2.24, 2.45) is 0 Å². The zero-order valence-electron chi connectivity index (χ0n) is 19.3. The summed E-state index contributed by atoms with van der Waals surface area (Å²) in [6.45, 7) is 8.48. The van der Waals surface area contributed by atoms with Crippen molar-refractivity contribution in [1.82, 2.24) is 25.9 Å². The highest BCUT2D eigenvalue weighted by atomic mass is 35.5. The summed E-state index contributed by atoms with van der Waals surface area (Å²) in [5.41, 5.74) is 0.765. The first-order valence-electron chi connectivity index (χ1n) is 10.7. The van der Waals surface area contributed by atoms with Crippen LogP contribution in [0.5, 0.6) is 0 Å². The number of carboxylic acid groups (broad SMARTS) is 1. The minimum Gasteiger partial charge on any atom is -0.477 e. The number of carbonyl (C=O) groups is 3. The number of aryl methyl sites for hydroxylation is 1. The van der Waals surface area contributed by atoms with E-state index in [1.54, 1.807) is 6.92 Å². The number of nitrogens with one attached hydrogen (secondary N) is 4. The molecule has 10 nitrogen and oxygen atoms in total. The molecule has 1 fully saturated rings. The van der Waals surface area contributed by atoms with Gasteiger partial charge in [0, 0.05) is 30.4 Å². The van der Waals surface area contributed by atoms with E-state index in [0.717, 1.165) is 11.3 Å². The molecule has 0 aromatic carbocycles. The average molecular weight is 531 g/mol. The van der Waals surface area contributed by atoms with Crippen LogP contribution in [0, 0.1) is 6.92 Å². The molecule has 34 heavy (non-hydrogen) atoms. The molecule has 1 aliphatic heterocycles. The number of hydrogen-bond donors (Lipinski definition) is 5. The van der Waals surface area contributed by atoms with Crippen LogP contribution in [0.1, 0.15) is 65.2 Å². The Kier molecular flexibility index (Phi) is 7.99. The summed E-state index contributed by atoms with van der Waals surface area (Å²) in [6, 6.07) is -0.461. The maximum absolute atomic E-state index is 12.6. The summed E-state index contributed by atoms with van der Waals surface area (Å²) in [5.74, 6) is -1.40. The Labute approximate surface area is 211 Å². The maximum Gasteiger partial charge on any atom is 0.347 e. The molecule has 0 radical (unpaired) electrons. The molecular formula is C21H28Cl2N6O4S. The number of rotatable bonds is 6. The number of amides is 3. The first kappa shape index (κ1) is 26.1. The van der Waals surface area contributed by atoms with Crippen LogP contribution in [0.3, 0.4) is 0 Å². The number of piperidine rings is 1. The van der Waals surface area contributed by atoms with Crippen molar-refractivity contribution in [3.8, 4) is 0 Å². The second-order valence-corrected chi connectivity index (χ2v) is 10.9. The smallest absolute Gasteiger partial charge is 0.347 e. The highest BCUT2D eigenvalue weighted by Gasteiger charge is 2.27. The summed E-state index contributed by atoms with van der Waals surface area (Å²) in [6.07, 6.45) is 1.31. The van der Waals surface area contributed by atoms with E-state index >= 15 is 0 Å². The lowest BCUT2D eigenvalue weighted by molar-refractivity contribution is 0.0700. The van der Waals surface area contributed by atoms with Crippen LogP contribution in [0.2, 0.25) is 10.0 Å². The molecule has 0 aliphatic carbocycles. The SMILES string of the molecule is Cc1[nH]c(C(=O)NC2CCN(c3nc(CNC(=O)NC(C)(C)C)c(C(=O)O)s3)CC2)c(Cl)c1Cl. The van der Waals surface area contributed by atoms with Crippen LogP contribution < -0.4 is 20.9 Å². The van der Waals surface area contributed by atoms with Gasteiger partial charge in [-0.3, -0.25) is 4.79 Å². The first-order valence-corrected chi connectivity index (χ1v) is 12.3. The number of aromatic carboxylic acids is 1. The van der Waals surface area contributed by atoms with Crippen molar-refractivity contribution in [2.75, 3.05) is 18.0 Å². The van der Waals surface area contributed by atoms with Gasteiger partial charge in [-0.1, -0.05) is 34.5 Å². The van der Waals surface area contributed by atoms with Gasteiger partial charge in [-0.25, -0.2) is 14.6 Å². The molecule has 0 atom stereocenters. The third-order valence-corrected chi connectivity index (χ3v) is 7.26. The molecule has 2 aromatic rings. The molecule has 3 heterocycles. The number of urea groups is 1. The van der Waals surface area contributed by atoms with Gasteiger partial charge in [0.1, 0.15) is 10.6 Å². The third kappa shape index (κ3) is 6.34. The average Bonchev–Trinajstić information content (AvgIpc) is 3.29. The fourth-order valence-electron chi connectivity index (χ4n) is 3.51. The fourth-order valence-corrected chi connectivity index (χ4v) is 4.90. The molecule has 0 unspecified atom stereocenters. The summed E-state index contributed by atoms with van der Waals surface area (Å²) >= 11 is 13.3. The van der Waals surface area contributed by atoms with E-state index in [9.17, 15) is 19.5 Å². The van der Waals surface area contributed by atoms with Gasteiger partial charge in [0.05, 0.1) is 22.3 Å². The van der Waals surface area contributed by atoms with E-state index in [2.05, 4.69) is 25.9 Å². The number of aromatic nitrogens is 2. The standard InChI is InChI=1S/C21H28Cl2N6O4S/c1-10-13(22)14(23)15(25-10)17(30)26-11-5-7-29(8-6-11)20-27-12(16(34-20)18(31)32)9-24-19(33)28-21(2,3)4/h11,25H,5-9H2,1-4H3,(H,26,30)(H,31,32)(H2,24,28,33). The summed E-state index contributed by atoms with van der Waals surface area (Å²) in [4.78, 5) is 45.8. The predicted molar refractivity (Wildman–Crippen MR) is 132 cm³/mol. The molecule has 0 bridgehead atoms. The lowest BCUT2D eigenvalue weighted by Crippen LogP contribution is -2.46. The lowest BCUT2D eigenvalue weighted by atomic mass is 10.1. The maximum atomic E-state index is 12.6. The fraction of sp³-hybridized carbons (Fsp3) is 0.524. The molecule has 0 saturated carbocycles. The molecule has 5 N–H and O–H groups in total. The predicted octanol–water partition coefficient (Wildman–Crippen LogP) is 3.78. The van der Waals surface area contributed by atoms with Crippen molar-refractivity contribution in [3.05, 3.63) is 32.0 Å². The van der Waals surface area contributed by atoms with E-state index in [0.29, 0.717) is 47.5 Å². The Balaban J connectivity index is 1.59. The summed E-state index contributed by atoms with van der Waals surface area (Å²) in [5, 5.41) is 19.1. The number of hydrogen-bond acceptors (Lipinski definition) is 6. The molecule has 2 aromatic heterocycles. The zero-order chi connectivity index (χ0) is 25.2.